The zero-order valence-electron chi connectivity index (χ0n) is 20.4. The van der Waals surface area contributed by atoms with Gasteiger partial charge in [0.15, 0.2) is 5.13 Å². The number of thiazole rings is 1. The maximum Gasteiger partial charge on any atom is 0.260 e. The zero-order chi connectivity index (χ0) is 26.2. The van der Waals surface area contributed by atoms with Crippen molar-refractivity contribution in [3.63, 3.8) is 0 Å². The van der Waals surface area contributed by atoms with E-state index in [2.05, 4.69) is 0 Å². The summed E-state index contributed by atoms with van der Waals surface area (Å²) in [4.78, 5) is 20.0. The topological polar surface area (TPSA) is 93.0 Å². The normalized spacial score (nSPS) is 16.1. The molecule has 1 atom stereocenters. The van der Waals surface area contributed by atoms with E-state index in [1.807, 2.05) is 19.1 Å². The van der Waals surface area contributed by atoms with E-state index in [9.17, 15) is 13.2 Å². The number of anilines is 1. The van der Waals surface area contributed by atoms with E-state index in [-0.39, 0.29) is 23.5 Å². The van der Waals surface area contributed by atoms with Gasteiger partial charge in [-0.2, -0.15) is 4.31 Å². The number of amides is 1. The Hall–Kier alpha value is -2.76. The van der Waals surface area contributed by atoms with E-state index in [1.165, 1.54) is 44.8 Å². The number of furan rings is 1. The Bertz CT molecular complexity index is 1470. The number of nitrogens with zero attached hydrogens (tertiary/aromatic N) is 3. The third kappa shape index (κ3) is 5.30. The molecule has 5 rings (SSSR count). The highest BCUT2D eigenvalue weighted by Crippen LogP contribution is 2.36. The monoisotopic (exact) mass is 559 g/mol. The summed E-state index contributed by atoms with van der Waals surface area (Å²) in [6, 6.07) is 13.2. The molecule has 37 heavy (non-hydrogen) atoms. The smallest absolute Gasteiger partial charge is 0.260 e. The molecule has 1 unspecified atom stereocenters. The molecule has 1 amide bonds. The van der Waals surface area contributed by atoms with Crippen molar-refractivity contribution >= 4 is 54.2 Å². The van der Waals surface area contributed by atoms with Gasteiger partial charge in [0, 0.05) is 25.8 Å². The van der Waals surface area contributed by atoms with Gasteiger partial charge < -0.3 is 9.15 Å². The standard InChI is InChI=1S/C26H26ClN3O5S2/c1-17-7-12-22(27)24-23(17)28-26(36-24)30(16-20-6-4-14-35-20)25(31)18-8-10-21(11-9-18)37(32,33)29(2)15-19-5-3-13-34-19/h4,6-12,14,19H,3,5,13,15-16H2,1-2H3. The number of sulfonamides is 1. The number of carbonyl (C=O) groups is 1. The first kappa shape index (κ1) is 25.9. The lowest BCUT2D eigenvalue weighted by atomic mass is 10.2. The average molecular weight is 560 g/mol. The number of halogens is 1. The van der Waals surface area contributed by atoms with Crippen LogP contribution in [0.3, 0.4) is 0 Å². The second-order valence-electron chi connectivity index (χ2n) is 8.95. The molecule has 0 aliphatic carbocycles. The quantitative estimate of drug-likeness (QED) is 0.283. The van der Waals surface area contributed by atoms with Crippen LogP contribution in [0.2, 0.25) is 5.02 Å². The molecule has 8 nitrogen and oxygen atoms in total. The Morgan fingerprint density at radius 2 is 1.97 bits per heavy atom. The summed E-state index contributed by atoms with van der Waals surface area (Å²) < 4.78 is 39.3. The van der Waals surface area contributed by atoms with Gasteiger partial charge in [-0.1, -0.05) is 29.0 Å². The fraction of sp³-hybridized carbons (Fsp3) is 0.308. The molecule has 1 fully saturated rings. The SMILES string of the molecule is Cc1ccc(Cl)c2sc(N(Cc3ccco3)C(=O)c3ccc(S(=O)(=O)N(C)CC4CCCO4)cc3)nc12. The maximum atomic E-state index is 13.7. The molecule has 2 aromatic carbocycles. The molecular weight excluding hydrogens is 534 g/mol. The molecule has 1 saturated heterocycles. The van der Waals surface area contributed by atoms with Gasteiger partial charge in [-0.3, -0.25) is 9.69 Å². The first-order valence-electron chi connectivity index (χ1n) is 11.8. The minimum absolute atomic E-state index is 0.0956. The molecule has 0 saturated carbocycles. The van der Waals surface area contributed by atoms with E-state index >= 15 is 0 Å². The van der Waals surface area contributed by atoms with Crippen LogP contribution in [-0.4, -0.2) is 49.9 Å². The lowest BCUT2D eigenvalue weighted by Gasteiger charge is -2.21. The van der Waals surface area contributed by atoms with Crippen molar-refractivity contribution in [1.29, 1.82) is 0 Å². The number of ether oxygens (including phenoxy) is 1. The Morgan fingerprint density at radius 3 is 2.62 bits per heavy atom. The molecule has 4 aromatic rings. The molecule has 0 N–H and O–H groups in total. The van der Waals surface area contributed by atoms with Gasteiger partial charge in [0.2, 0.25) is 10.0 Å². The van der Waals surface area contributed by atoms with Crippen LogP contribution in [-0.2, 0) is 21.3 Å². The molecule has 194 valence electrons. The van der Waals surface area contributed by atoms with Gasteiger partial charge in [0.05, 0.1) is 39.0 Å². The minimum Gasteiger partial charge on any atom is -0.467 e. The van der Waals surface area contributed by atoms with Crippen LogP contribution < -0.4 is 4.90 Å². The predicted molar refractivity (Wildman–Crippen MR) is 144 cm³/mol. The van der Waals surface area contributed by atoms with Crippen LogP contribution in [0.4, 0.5) is 5.13 Å². The largest absolute Gasteiger partial charge is 0.467 e. The number of likely N-dealkylation sites (N-methyl/N-ethyl adjacent to an activating group) is 1. The van der Waals surface area contributed by atoms with Crippen LogP contribution in [0.15, 0.2) is 64.1 Å². The van der Waals surface area contributed by atoms with Crippen LogP contribution in [0.5, 0.6) is 0 Å². The van der Waals surface area contributed by atoms with E-state index < -0.39 is 10.0 Å². The third-order valence-corrected chi connectivity index (χ3v) is 9.73. The molecule has 0 radical (unpaired) electrons. The fourth-order valence-electron chi connectivity index (χ4n) is 4.27. The lowest BCUT2D eigenvalue weighted by molar-refractivity contribution is 0.0978. The molecule has 1 aliphatic heterocycles. The summed E-state index contributed by atoms with van der Waals surface area (Å²) in [5.74, 6) is 0.256. The van der Waals surface area contributed by atoms with Gasteiger partial charge >= 0.3 is 0 Å². The Labute approximate surface area is 224 Å². The van der Waals surface area contributed by atoms with Crippen molar-refractivity contribution < 1.29 is 22.4 Å². The Kier molecular flexibility index (Phi) is 7.37. The first-order chi connectivity index (χ1) is 17.7. The van der Waals surface area contributed by atoms with Crippen LogP contribution in [0.25, 0.3) is 10.2 Å². The van der Waals surface area contributed by atoms with Crippen LogP contribution >= 0.6 is 22.9 Å². The molecule has 3 heterocycles. The highest BCUT2D eigenvalue weighted by atomic mass is 35.5. The third-order valence-electron chi connectivity index (χ3n) is 6.35. The highest BCUT2D eigenvalue weighted by Gasteiger charge is 2.28. The zero-order valence-corrected chi connectivity index (χ0v) is 22.8. The van der Waals surface area contributed by atoms with Crippen molar-refractivity contribution in [2.24, 2.45) is 0 Å². The van der Waals surface area contributed by atoms with Crippen molar-refractivity contribution in [3.05, 3.63) is 76.7 Å². The Morgan fingerprint density at radius 1 is 1.19 bits per heavy atom. The molecular formula is C26H26ClN3O5S2. The maximum absolute atomic E-state index is 13.7. The summed E-state index contributed by atoms with van der Waals surface area (Å²) in [6.45, 7) is 3.05. The van der Waals surface area contributed by atoms with E-state index in [4.69, 9.17) is 25.7 Å². The van der Waals surface area contributed by atoms with Crippen molar-refractivity contribution in [3.8, 4) is 0 Å². The number of aromatic nitrogens is 1. The van der Waals surface area contributed by atoms with E-state index in [0.717, 1.165) is 28.6 Å². The first-order valence-corrected chi connectivity index (χ1v) is 14.5. The second-order valence-corrected chi connectivity index (χ2v) is 12.4. The molecule has 0 bridgehead atoms. The summed E-state index contributed by atoms with van der Waals surface area (Å²) in [5.41, 5.74) is 2.02. The molecule has 2 aromatic heterocycles. The number of fused-ring (bicyclic) bond motifs is 1. The van der Waals surface area contributed by atoms with Crippen LogP contribution in [0, 0.1) is 6.92 Å². The Balaban J connectivity index is 1.43. The molecule has 0 spiro atoms. The second kappa shape index (κ2) is 10.5. The summed E-state index contributed by atoms with van der Waals surface area (Å²) >= 11 is 7.73. The number of carbonyl (C=O) groups excluding carboxylic acids is 1. The minimum atomic E-state index is -3.72. The summed E-state index contributed by atoms with van der Waals surface area (Å²) in [7, 11) is -2.18. The van der Waals surface area contributed by atoms with E-state index in [1.54, 1.807) is 25.4 Å². The summed E-state index contributed by atoms with van der Waals surface area (Å²) in [6.07, 6.45) is 3.23. The van der Waals surface area contributed by atoms with Gasteiger partial charge in [-0.25, -0.2) is 13.4 Å². The molecule has 11 heteroatoms. The molecule has 1 aliphatic rings. The lowest BCUT2D eigenvalue weighted by Crippen LogP contribution is -2.34. The van der Waals surface area contributed by atoms with Gasteiger partial charge in [0.1, 0.15) is 5.76 Å². The van der Waals surface area contributed by atoms with Gasteiger partial charge in [-0.05, 0) is 67.8 Å². The van der Waals surface area contributed by atoms with Crippen LogP contribution in [0.1, 0.15) is 34.5 Å². The number of rotatable bonds is 8. The number of aryl methyl sites for hydroxylation is 1. The van der Waals surface area contributed by atoms with Gasteiger partial charge in [-0.15, -0.1) is 0 Å². The summed E-state index contributed by atoms with van der Waals surface area (Å²) in [5, 5.41) is 1.04. The average Bonchev–Trinajstić information content (AvgIpc) is 3.67. The number of hydrogen-bond donors (Lipinski definition) is 0. The number of hydrogen-bond acceptors (Lipinski definition) is 7. The fourth-order valence-corrected chi connectivity index (χ4v) is 6.79. The van der Waals surface area contributed by atoms with Crippen molar-refractivity contribution in [2.75, 3.05) is 25.1 Å². The van der Waals surface area contributed by atoms with Crippen molar-refractivity contribution in [2.45, 2.75) is 37.3 Å². The van der Waals surface area contributed by atoms with E-state index in [0.29, 0.717) is 34.6 Å². The number of benzene rings is 2. The van der Waals surface area contributed by atoms with Gasteiger partial charge in [0.25, 0.3) is 5.91 Å². The highest BCUT2D eigenvalue weighted by molar-refractivity contribution is 7.89. The predicted octanol–water partition coefficient (Wildman–Crippen LogP) is 5.50. The van der Waals surface area contributed by atoms with Crippen molar-refractivity contribution in [1.82, 2.24) is 9.29 Å².